The molecule has 2 rings (SSSR count). The number of nitrogens with one attached hydrogen (secondary N) is 3. The van der Waals surface area contributed by atoms with Crippen LogP contribution in [-0.2, 0) is 18.0 Å². The molecule has 22 heavy (non-hydrogen) atoms. The van der Waals surface area contributed by atoms with Crippen LogP contribution in [0.15, 0.2) is 41.2 Å². The first-order valence-electron chi connectivity index (χ1n) is 6.95. The topological polar surface area (TPSA) is 83.2 Å². The van der Waals surface area contributed by atoms with Crippen LogP contribution in [0.3, 0.4) is 0 Å². The normalized spacial score (nSPS) is 10.3. The van der Waals surface area contributed by atoms with E-state index in [4.69, 9.17) is 4.84 Å². The van der Waals surface area contributed by atoms with Gasteiger partial charge in [0, 0.05) is 11.3 Å². The fraction of sp³-hybridized carbons (Fsp3) is 0.250. The zero-order chi connectivity index (χ0) is 15.9. The predicted octanol–water partition coefficient (Wildman–Crippen LogP) is 1.92. The fourth-order valence-corrected chi connectivity index (χ4v) is 2.07. The highest BCUT2D eigenvalue weighted by molar-refractivity contribution is 5.72. The predicted molar refractivity (Wildman–Crippen MR) is 83.1 cm³/mol. The Hall–Kier alpha value is -2.60. The van der Waals surface area contributed by atoms with Crippen molar-refractivity contribution in [3.8, 4) is 0 Å². The van der Waals surface area contributed by atoms with Crippen LogP contribution >= 0.6 is 0 Å². The molecule has 0 atom stereocenters. The standard InChI is InChI=1S/C16H19N3O3/c1-11-8-12(2)18-15(20)14(11)9-17-16(21)19-22-10-13-6-4-3-5-7-13/h3-8H,9-10H2,1-2H3,(H,18,20)(H2,17,19,21). The van der Waals surface area contributed by atoms with Crippen LogP contribution < -0.4 is 16.4 Å². The van der Waals surface area contributed by atoms with Crippen molar-refractivity contribution in [3.63, 3.8) is 0 Å². The Bertz CT molecular complexity index is 696. The van der Waals surface area contributed by atoms with Crippen molar-refractivity contribution in [2.24, 2.45) is 0 Å². The van der Waals surface area contributed by atoms with E-state index in [2.05, 4.69) is 15.8 Å². The molecule has 0 saturated heterocycles. The highest BCUT2D eigenvalue weighted by Gasteiger charge is 2.07. The molecule has 0 fully saturated rings. The number of H-pyrrole nitrogens is 1. The molecule has 1 aromatic heterocycles. The van der Waals surface area contributed by atoms with Crippen molar-refractivity contribution in [3.05, 3.63) is 69.1 Å². The van der Waals surface area contributed by atoms with Gasteiger partial charge >= 0.3 is 6.03 Å². The fourth-order valence-electron chi connectivity index (χ4n) is 2.07. The van der Waals surface area contributed by atoms with Crippen molar-refractivity contribution in [1.29, 1.82) is 0 Å². The van der Waals surface area contributed by atoms with Gasteiger partial charge in [-0.15, -0.1) is 0 Å². The van der Waals surface area contributed by atoms with E-state index in [9.17, 15) is 9.59 Å². The SMILES string of the molecule is Cc1cc(C)c(CNC(=O)NOCc2ccccc2)c(=O)[nH]1. The lowest BCUT2D eigenvalue weighted by Crippen LogP contribution is -2.36. The van der Waals surface area contributed by atoms with Gasteiger partial charge in [-0.25, -0.2) is 10.3 Å². The smallest absolute Gasteiger partial charge is 0.332 e. The minimum Gasteiger partial charge on any atom is -0.332 e. The van der Waals surface area contributed by atoms with E-state index in [-0.39, 0.29) is 18.7 Å². The van der Waals surface area contributed by atoms with Crippen LogP contribution in [0.5, 0.6) is 0 Å². The largest absolute Gasteiger partial charge is 0.338 e. The number of urea groups is 1. The first kappa shape index (κ1) is 15.8. The highest BCUT2D eigenvalue weighted by atomic mass is 16.7. The molecule has 0 bridgehead atoms. The number of carbonyl (C=O) groups excluding carboxylic acids is 1. The number of benzene rings is 1. The molecule has 1 heterocycles. The molecular formula is C16H19N3O3. The number of aromatic nitrogens is 1. The number of aryl methyl sites for hydroxylation is 2. The van der Waals surface area contributed by atoms with Crippen LogP contribution in [0.2, 0.25) is 0 Å². The van der Waals surface area contributed by atoms with Crippen molar-refractivity contribution in [2.45, 2.75) is 27.0 Å². The third-order valence-electron chi connectivity index (χ3n) is 3.17. The van der Waals surface area contributed by atoms with Gasteiger partial charge in [0.1, 0.15) is 0 Å². The first-order valence-corrected chi connectivity index (χ1v) is 6.95. The molecule has 0 radical (unpaired) electrons. The lowest BCUT2D eigenvalue weighted by Gasteiger charge is -2.09. The van der Waals surface area contributed by atoms with Crippen molar-refractivity contribution >= 4 is 6.03 Å². The van der Waals surface area contributed by atoms with Gasteiger partial charge in [0.25, 0.3) is 5.56 Å². The van der Waals surface area contributed by atoms with E-state index < -0.39 is 6.03 Å². The monoisotopic (exact) mass is 301 g/mol. The third-order valence-corrected chi connectivity index (χ3v) is 3.17. The minimum atomic E-state index is -0.490. The van der Waals surface area contributed by atoms with Crippen LogP contribution in [0.25, 0.3) is 0 Å². The summed E-state index contributed by atoms with van der Waals surface area (Å²) in [4.78, 5) is 31.3. The Labute approximate surface area is 128 Å². The lowest BCUT2D eigenvalue weighted by molar-refractivity contribution is 0.0489. The average Bonchev–Trinajstić information content (AvgIpc) is 2.47. The van der Waals surface area contributed by atoms with E-state index >= 15 is 0 Å². The number of carbonyl (C=O) groups is 1. The Balaban J connectivity index is 1.80. The van der Waals surface area contributed by atoms with Gasteiger partial charge in [-0.3, -0.25) is 9.63 Å². The highest BCUT2D eigenvalue weighted by Crippen LogP contribution is 2.03. The molecule has 0 spiro atoms. The molecule has 1 aromatic carbocycles. The summed E-state index contributed by atoms with van der Waals surface area (Å²) >= 11 is 0. The summed E-state index contributed by atoms with van der Waals surface area (Å²) in [5, 5.41) is 2.59. The maximum atomic E-state index is 11.8. The molecule has 3 N–H and O–H groups in total. The number of pyridine rings is 1. The summed E-state index contributed by atoms with van der Waals surface area (Å²) < 4.78 is 0. The molecule has 116 valence electrons. The van der Waals surface area contributed by atoms with Gasteiger partial charge in [-0.1, -0.05) is 30.3 Å². The summed E-state index contributed by atoms with van der Waals surface area (Å²) in [6, 6.07) is 10.9. The second kappa shape index (κ2) is 7.42. The number of amides is 2. The summed E-state index contributed by atoms with van der Waals surface area (Å²) in [6.45, 7) is 4.07. The number of rotatable bonds is 5. The molecule has 0 unspecified atom stereocenters. The summed E-state index contributed by atoms with van der Waals surface area (Å²) in [5.41, 5.74) is 5.21. The number of hydrogen-bond acceptors (Lipinski definition) is 3. The summed E-state index contributed by atoms with van der Waals surface area (Å²) in [6.07, 6.45) is 0. The van der Waals surface area contributed by atoms with E-state index in [0.29, 0.717) is 5.56 Å². The van der Waals surface area contributed by atoms with Crippen LogP contribution in [0, 0.1) is 13.8 Å². The van der Waals surface area contributed by atoms with E-state index in [1.165, 1.54) is 0 Å². The molecular weight excluding hydrogens is 282 g/mol. The molecule has 6 nitrogen and oxygen atoms in total. The summed E-state index contributed by atoms with van der Waals surface area (Å²) in [7, 11) is 0. The zero-order valence-corrected chi connectivity index (χ0v) is 12.6. The maximum absolute atomic E-state index is 11.8. The van der Waals surface area contributed by atoms with E-state index in [0.717, 1.165) is 16.8 Å². The lowest BCUT2D eigenvalue weighted by atomic mass is 10.1. The van der Waals surface area contributed by atoms with Crippen molar-refractivity contribution in [1.82, 2.24) is 15.8 Å². The third kappa shape index (κ3) is 4.46. The Morgan fingerprint density at radius 1 is 1.23 bits per heavy atom. The van der Waals surface area contributed by atoms with Gasteiger partial charge in [-0.05, 0) is 31.0 Å². The number of aromatic amines is 1. The summed E-state index contributed by atoms with van der Waals surface area (Å²) in [5.74, 6) is 0. The Morgan fingerprint density at radius 2 is 1.95 bits per heavy atom. The second-order valence-electron chi connectivity index (χ2n) is 5.00. The van der Waals surface area contributed by atoms with Crippen molar-refractivity contribution < 1.29 is 9.63 Å². The average molecular weight is 301 g/mol. The van der Waals surface area contributed by atoms with Crippen LogP contribution in [-0.4, -0.2) is 11.0 Å². The van der Waals surface area contributed by atoms with Crippen LogP contribution in [0.4, 0.5) is 4.79 Å². The van der Waals surface area contributed by atoms with Crippen molar-refractivity contribution in [2.75, 3.05) is 0 Å². The van der Waals surface area contributed by atoms with E-state index in [1.54, 1.807) is 0 Å². The molecule has 0 aliphatic carbocycles. The minimum absolute atomic E-state index is 0.141. The van der Waals surface area contributed by atoms with Gasteiger partial charge in [0.05, 0.1) is 13.2 Å². The molecule has 0 saturated carbocycles. The Kier molecular flexibility index (Phi) is 5.32. The molecule has 2 aromatic rings. The van der Waals surface area contributed by atoms with Gasteiger partial charge in [-0.2, -0.15) is 0 Å². The number of hydroxylamine groups is 1. The Morgan fingerprint density at radius 3 is 2.64 bits per heavy atom. The molecule has 0 aliphatic heterocycles. The number of hydrogen-bond donors (Lipinski definition) is 3. The maximum Gasteiger partial charge on any atom is 0.338 e. The van der Waals surface area contributed by atoms with Gasteiger partial charge in [0.15, 0.2) is 0 Å². The molecule has 2 amide bonds. The molecule has 0 aliphatic rings. The van der Waals surface area contributed by atoms with Crippen LogP contribution in [0.1, 0.15) is 22.4 Å². The van der Waals surface area contributed by atoms with Gasteiger partial charge in [0.2, 0.25) is 0 Å². The first-order chi connectivity index (χ1) is 10.6. The quantitative estimate of drug-likeness (QED) is 0.738. The second-order valence-corrected chi connectivity index (χ2v) is 5.00. The van der Waals surface area contributed by atoms with Gasteiger partial charge < -0.3 is 10.3 Å². The zero-order valence-electron chi connectivity index (χ0n) is 12.6. The molecule has 6 heteroatoms. The van der Waals surface area contributed by atoms with E-state index in [1.807, 2.05) is 50.2 Å².